The van der Waals surface area contributed by atoms with Crippen molar-refractivity contribution in [3.05, 3.63) is 11.9 Å². The Morgan fingerprint density at radius 3 is 3.12 bits per heavy atom. The van der Waals surface area contributed by atoms with Crippen LogP contribution in [0, 0.1) is 5.92 Å². The van der Waals surface area contributed by atoms with Crippen molar-refractivity contribution in [2.75, 3.05) is 26.3 Å². The van der Waals surface area contributed by atoms with Gasteiger partial charge in [-0.3, -0.25) is 4.68 Å². The van der Waals surface area contributed by atoms with Crippen LogP contribution < -0.4 is 0 Å². The number of halogens is 1. The van der Waals surface area contributed by atoms with Crippen LogP contribution in [0.2, 0.25) is 0 Å². The first-order valence-electron chi connectivity index (χ1n) is 5.61. The molecule has 1 N–H and O–H groups in total. The lowest BCUT2D eigenvalue weighted by Gasteiger charge is -2.13. The Morgan fingerprint density at radius 2 is 2.47 bits per heavy atom. The third-order valence-electron chi connectivity index (χ3n) is 2.97. The molecule has 1 aromatic heterocycles. The van der Waals surface area contributed by atoms with Crippen LogP contribution in [0.4, 0.5) is 4.39 Å². The summed E-state index contributed by atoms with van der Waals surface area (Å²) in [6, 6.07) is 0. The van der Waals surface area contributed by atoms with Gasteiger partial charge in [-0.15, -0.1) is 5.10 Å². The van der Waals surface area contributed by atoms with E-state index in [1.165, 1.54) is 6.20 Å². The van der Waals surface area contributed by atoms with Gasteiger partial charge in [0.1, 0.15) is 6.67 Å². The Bertz CT molecular complexity index is 395. The number of aromatic nitrogens is 3. The summed E-state index contributed by atoms with van der Waals surface area (Å²) in [7, 11) is 0. The van der Waals surface area contributed by atoms with Gasteiger partial charge in [-0.05, 0) is 18.9 Å². The quantitative estimate of drug-likeness (QED) is 0.802. The van der Waals surface area contributed by atoms with E-state index in [0.29, 0.717) is 19.0 Å². The molecule has 1 aromatic rings. The number of nitrogens with zero attached hydrogens (tertiary/aromatic N) is 4. The number of carboxylic acids is 1. The number of carbonyl (C=O) groups is 1. The summed E-state index contributed by atoms with van der Waals surface area (Å²) < 4.78 is 13.7. The highest BCUT2D eigenvalue weighted by atomic mass is 19.1. The van der Waals surface area contributed by atoms with E-state index in [1.807, 2.05) is 0 Å². The van der Waals surface area contributed by atoms with Crippen molar-refractivity contribution in [2.45, 2.75) is 13.0 Å². The van der Waals surface area contributed by atoms with Gasteiger partial charge in [0.15, 0.2) is 5.69 Å². The molecule has 7 heteroatoms. The number of likely N-dealkylation sites (tertiary alicyclic amines) is 1. The number of hydrogen-bond acceptors (Lipinski definition) is 4. The fourth-order valence-electron chi connectivity index (χ4n) is 2.13. The predicted molar refractivity (Wildman–Crippen MR) is 57.5 cm³/mol. The molecular weight excluding hydrogens is 227 g/mol. The number of rotatable bonds is 5. The maximum atomic E-state index is 12.2. The molecule has 2 rings (SSSR count). The van der Waals surface area contributed by atoms with Crippen molar-refractivity contribution in [1.82, 2.24) is 19.9 Å². The number of alkyl halides is 1. The molecule has 2 heterocycles. The first-order valence-corrected chi connectivity index (χ1v) is 5.61. The van der Waals surface area contributed by atoms with Crippen molar-refractivity contribution in [2.24, 2.45) is 5.92 Å². The van der Waals surface area contributed by atoms with Gasteiger partial charge in [-0.25, -0.2) is 9.18 Å². The second-order valence-electron chi connectivity index (χ2n) is 4.28. The SMILES string of the molecule is O=C(O)c1cn(C[C@@H]2CCN(CCF)C2)nn1. The summed E-state index contributed by atoms with van der Waals surface area (Å²) in [5.41, 5.74) is -0.0383. The molecule has 0 saturated carbocycles. The predicted octanol–water partition coefficient (Wildman–Crippen LogP) is 0.268. The molecule has 17 heavy (non-hydrogen) atoms. The third kappa shape index (κ3) is 3.00. The molecule has 1 fully saturated rings. The summed E-state index contributed by atoms with van der Waals surface area (Å²) in [4.78, 5) is 12.7. The van der Waals surface area contributed by atoms with Crippen molar-refractivity contribution in [1.29, 1.82) is 0 Å². The van der Waals surface area contributed by atoms with Crippen molar-refractivity contribution < 1.29 is 14.3 Å². The molecule has 0 aromatic carbocycles. The van der Waals surface area contributed by atoms with E-state index in [0.717, 1.165) is 19.5 Å². The van der Waals surface area contributed by atoms with Crippen LogP contribution in [0.25, 0.3) is 0 Å². The number of carboxylic acid groups (broad SMARTS) is 1. The van der Waals surface area contributed by atoms with Crippen LogP contribution in [0.15, 0.2) is 6.20 Å². The van der Waals surface area contributed by atoms with Gasteiger partial charge >= 0.3 is 5.97 Å². The maximum Gasteiger partial charge on any atom is 0.358 e. The zero-order chi connectivity index (χ0) is 12.3. The minimum absolute atomic E-state index is 0.0383. The summed E-state index contributed by atoms with van der Waals surface area (Å²) in [6.45, 7) is 2.54. The van der Waals surface area contributed by atoms with Crippen molar-refractivity contribution in [3.63, 3.8) is 0 Å². The number of aromatic carboxylic acids is 1. The van der Waals surface area contributed by atoms with Gasteiger partial charge in [0, 0.05) is 19.6 Å². The molecule has 0 bridgehead atoms. The zero-order valence-corrected chi connectivity index (χ0v) is 9.42. The number of hydrogen-bond donors (Lipinski definition) is 1. The molecule has 0 amide bonds. The monoisotopic (exact) mass is 242 g/mol. The van der Waals surface area contributed by atoms with Gasteiger partial charge in [0.05, 0.1) is 6.20 Å². The summed E-state index contributed by atoms with van der Waals surface area (Å²) >= 11 is 0. The molecule has 1 atom stereocenters. The average molecular weight is 242 g/mol. The standard InChI is InChI=1S/C10H15FN4O2/c11-2-4-14-3-1-8(5-14)6-15-7-9(10(16)17)12-13-15/h7-8H,1-6H2,(H,16,17)/t8-/m1/s1. The summed E-state index contributed by atoms with van der Waals surface area (Å²) in [6.07, 6.45) is 2.42. The molecule has 1 aliphatic rings. The van der Waals surface area contributed by atoms with Gasteiger partial charge < -0.3 is 10.0 Å². The molecule has 1 saturated heterocycles. The summed E-state index contributed by atoms with van der Waals surface area (Å²) in [5, 5.41) is 16.0. The first-order chi connectivity index (χ1) is 8.19. The Hall–Kier alpha value is -1.50. The lowest BCUT2D eigenvalue weighted by Crippen LogP contribution is -2.24. The highest BCUT2D eigenvalue weighted by Crippen LogP contribution is 2.17. The van der Waals surface area contributed by atoms with E-state index in [1.54, 1.807) is 4.68 Å². The molecular formula is C10H15FN4O2. The summed E-state index contributed by atoms with van der Waals surface area (Å²) in [5.74, 6) is -0.674. The third-order valence-corrected chi connectivity index (χ3v) is 2.97. The van der Waals surface area contributed by atoms with Gasteiger partial charge in [0.2, 0.25) is 0 Å². The molecule has 1 aliphatic heterocycles. The second kappa shape index (κ2) is 5.22. The molecule has 94 valence electrons. The zero-order valence-electron chi connectivity index (χ0n) is 9.42. The molecule has 6 nitrogen and oxygen atoms in total. The van der Waals surface area contributed by atoms with Crippen LogP contribution in [-0.4, -0.2) is 57.3 Å². The van der Waals surface area contributed by atoms with Crippen LogP contribution >= 0.6 is 0 Å². The Kier molecular flexibility index (Phi) is 3.68. The Labute approximate surface area is 98.0 Å². The average Bonchev–Trinajstić information content (AvgIpc) is 2.89. The normalized spacial score (nSPS) is 20.9. The van der Waals surface area contributed by atoms with E-state index in [4.69, 9.17) is 5.11 Å². The van der Waals surface area contributed by atoms with E-state index >= 15 is 0 Å². The lowest BCUT2D eigenvalue weighted by molar-refractivity contribution is 0.0690. The van der Waals surface area contributed by atoms with Gasteiger partial charge in [-0.2, -0.15) is 0 Å². The highest BCUT2D eigenvalue weighted by Gasteiger charge is 2.23. The fraction of sp³-hybridized carbons (Fsp3) is 0.700. The van der Waals surface area contributed by atoms with Crippen molar-refractivity contribution >= 4 is 5.97 Å². The second-order valence-corrected chi connectivity index (χ2v) is 4.28. The topological polar surface area (TPSA) is 71.2 Å². The van der Waals surface area contributed by atoms with Crippen LogP contribution in [-0.2, 0) is 6.54 Å². The van der Waals surface area contributed by atoms with Crippen LogP contribution in [0.3, 0.4) is 0 Å². The van der Waals surface area contributed by atoms with Gasteiger partial charge in [0.25, 0.3) is 0 Å². The maximum absolute atomic E-state index is 12.2. The van der Waals surface area contributed by atoms with Gasteiger partial charge in [-0.1, -0.05) is 5.21 Å². The minimum Gasteiger partial charge on any atom is -0.476 e. The Balaban J connectivity index is 1.87. The first kappa shape index (κ1) is 12.0. The van der Waals surface area contributed by atoms with Crippen LogP contribution in [0.1, 0.15) is 16.9 Å². The van der Waals surface area contributed by atoms with E-state index in [2.05, 4.69) is 15.2 Å². The molecule has 0 aliphatic carbocycles. The molecule has 0 unspecified atom stereocenters. The largest absolute Gasteiger partial charge is 0.476 e. The van der Waals surface area contributed by atoms with Crippen LogP contribution in [0.5, 0.6) is 0 Å². The highest BCUT2D eigenvalue weighted by molar-refractivity contribution is 5.84. The van der Waals surface area contributed by atoms with E-state index in [-0.39, 0.29) is 12.4 Å². The van der Waals surface area contributed by atoms with Crippen molar-refractivity contribution in [3.8, 4) is 0 Å². The lowest BCUT2D eigenvalue weighted by atomic mass is 10.1. The molecule has 0 spiro atoms. The molecule has 0 radical (unpaired) electrons. The minimum atomic E-state index is -1.07. The van der Waals surface area contributed by atoms with E-state index < -0.39 is 5.97 Å². The fourth-order valence-corrected chi connectivity index (χ4v) is 2.13. The Morgan fingerprint density at radius 1 is 1.65 bits per heavy atom. The smallest absolute Gasteiger partial charge is 0.358 e. The van der Waals surface area contributed by atoms with E-state index in [9.17, 15) is 9.18 Å².